The van der Waals surface area contributed by atoms with Gasteiger partial charge in [0, 0.05) is 53.2 Å². The molecule has 0 bridgehead atoms. The summed E-state index contributed by atoms with van der Waals surface area (Å²) < 4.78 is 5.12. The number of hydrogen-bond donors (Lipinski definition) is 4. The quantitative estimate of drug-likeness (QED) is 0.216. The number of aromatic amines is 2. The summed E-state index contributed by atoms with van der Waals surface area (Å²) in [5, 5.41) is 6.34. The third-order valence-corrected chi connectivity index (χ3v) is 6.81. The SMILES string of the molecule is CC\C=c1/[nH]c(C)n/c1=C(/C=C(\C)N)c1cc2cc(CNC(CN(CC)c3ccccc3)C(=O)OC)ccc2[nH]1. The Kier molecular flexibility index (Phi) is 9.45. The number of H-pyrrole nitrogens is 2. The maximum absolute atomic E-state index is 12.7. The zero-order chi connectivity index (χ0) is 28.6. The standard InChI is InChI=1S/C32H40N6O2/c1-6-11-28-31(36-22(4)35-28)26(16-21(3)33)29-18-24-17-23(14-15-27(24)37-29)19-34-30(32(39)40-5)20-38(7-2)25-12-9-8-10-13-25/h8-18,30,34,37H,6-7,19-20,33H2,1-5H3,(H,35,36)/b21-16+,28-11-,31-26-. The lowest BCUT2D eigenvalue weighted by Gasteiger charge is -2.27. The Balaban J connectivity index is 1.62. The van der Waals surface area contributed by atoms with Gasteiger partial charge in [-0.1, -0.05) is 37.3 Å². The molecule has 4 rings (SSSR count). The van der Waals surface area contributed by atoms with E-state index in [0.29, 0.717) is 18.8 Å². The number of benzene rings is 2. The minimum atomic E-state index is -0.476. The Morgan fingerprint density at radius 3 is 2.60 bits per heavy atom. The van der Waals surface area contributed by atoms with E-state index in [-0.39, 0.29) is 5.97 Å². The molecule has 40 heavy (non-hydrogen) atoms. The zero-order valence-electron chi connectivity index (χ0n) is 24.0. The highest BCUT2D eigenvalue weighted by Gasteiger charge is 2.22. The molecule has 0 spiro atoms. The largest absolute Gasteiger partial charge is 0.468 e. The van der Waals surface area contributed by atoms with Gasteiger partial charge in [-0.05, 0) is 69.2 Å². The first-order valence-electron chi connectivity index (χ1n) is 13.8. The van der Waals surface area contributed by atoms with E-state index in [1.807, 2.05) is 38.1 Å². The normalized spacial score (nSPS) is 13.9. The Morgan fingerprint density at radius 1 is 1.15 bits per heavy atom. The fraction of sp³-hybridized carbons (Fsp3) is 0.312. The van der Waals surface area contributed by atoms with E-state index in [4.69, 9.17) is 15.5 Å². The monoisotopic (exact) mass is 540 g/mol. The average molecular weight is 541 g/mol. The van der Waals surface area contributed by atoms with Crippen molar-refractivity contribution in [2.75, 3.05) is 25.1 Å². The third-order valence-electron chi connectivity index (χ3n) is 6.81. The highest BCUT2D eigenvalue weighted by atomic mass is 16.5. The molecule has 1 atom stereocenters. The minimum absolute atomic E-state index is 0.281. The van der Waals surface area contributed by atoms with Crippen LogP contribution in [0.5, 0.6) is 0 Å². The first kappa shape index (κ1) is 28.7. The molecule has 8 heteroatoms. The molecule has 0 aliphatic rings. The number of nitrogens with two attached hydrogens (primary N) is 1. The number of aryl methyl sites for hydroxylation is 1. The maximum atomic E-state index is 12.7. The molecule has 1 unspecified atom stereocenters. The number of ether oxygens (including phenoxy) is 1. The summed E-state index contributed by atoms with van der Waals surface area (Å²) in [4.78, 5) is 26.5. The molecule has 2 aromatic carbocycles. The molecule has 0 saturated carbocycles. The van der Waals surface area contributed by atoms with E-state index in [2.05, 4.69) is 76.5 Å². The van der Waals surface area contributed by atoms with Crippen molar-refractivity contribution in [3.63, 3.8) is 0 Å². The smallest absolute Gasteiger partial charge is 0.324 e. The van der Waals surface area contributed by atoms with Gasteiger partial charge in [0.1, 0.15) is 11.9 Å². The van der Waals surface area contributed by atoms with Gasteiger partial charge < -0.3 is 25.3 Å². The number of rotatable bonds is 11. The number of carbonyl (C=O) groups is 1. The van der Waals surface area contributed by atoms with Crippen LogP contribution in [0.2, 0.25) is 0 Å². The lowest BCUT2D eigenvalue weighted by Crippen LogP contribution is -2.46. The minimum Gasteiger partial charge on any atom is -0.468 e. The first-order chi connectivity index (χ1) is 19.3. The second kappa shape index (κ2) is 13.2. The number of methoxy groups -OCH3 is 1. The number of para-hydroxylation sites is 1. The van der Waals surface area contributed by atoms with Crippen LogP contribution in [0, 0.1) is 6.92 Å². The highest BCUT2D eigenvalue weighted by molar-refractivity contribution is 5.87. The van der Waals surface area contributed by atoms with Crippen LogP contribution in [-0.2, 0) is 16.1 Å². The van der Waals surface area contributed by atoms with Gasteiger partial charge >= 0.3 is 5.97 Å². The summed E-state index contributed by atoms with van der Waals surface area (Å²) in [6, 6.07) is 18.0. The molecule has 2 aromatic heterocycles. The second-order valence-electron chi connectivity index (χ2n) is 9.93. The van der Waals surface area contributed by atoms with Gasteiger partial charge in [0.25, 0.3) is 0 Å². The number of nitrogens with zero attached hydrogens (tertiary/aromatic N) is 2. The molecular weight excluding hydrogens is 500 g/mol. The Labute approximate surface area is 235 Å². The summed E-state index contributed by atoms with van der Waals surface area (Å²) in [5.41, 5.74) is 11.9. The van der Waals surface area contributed by atoms with Crippen LogP contribution < -0.4 is 26.6 Å². The van der Waals surface area contributed by atoms with Crippen molar-refractivity contribution in [3.8, 4) is 0 Å². The maximum Gasteiger partial charge on any atom is 0.324 e. The Bertz CT molecular complexity index is 1600. The van der Waals surface area contributed by atoms with Crippen molar-refractivity contribution < 1.29 is 9.53 Å². The van der Waals surface area contributed by atoms with E-state index >= 15 is 0 Å². The molecule has 0 aliphatic heterocycles. The number of carbonyl (C=O) groups excluding carboxylic acids is 1. The van der Waals surface area contributed by atoms with E-state index in [9.17, 15) is 4.79 Å². The molecule has 5 N–H and O–H groups in total. The van der Waals surface area contributed by atoms with Gasteiger partial charge in [0.2, 0.25) is 0 Å². The van der Waals surface area contributed by atoms with Crippen LogP contribution in [0.25, 0.3) is 22.6 Å². The Hall–Kier alpha value is -4.30. The van der Waals surface area contributed by atoms with Crippen molar-refractivity contribution in [2.24, 2.45) is 5.73 Å². The van der Waals surface area contributed by atoms with Gasteiger partial charge in [-0.15, -0.1) is 0 Å². The summed E-state index contributed by atoms with van der Waals surface area (Å²) in [6.07, 6.45) is 4.99. The zero-order valence-corrected chi connectivity index (χ0v) is 24.0. The molecule has 0 fully saturated rings. The highest BCUT2D eigenvalue weighted by Crippen LogP contribution is 2.22. The lowest BCUT2D eigenvalue weighted by atomic mass is 10.1. The second-order valence-corrected chi connectivity index (χ2v) is 9.93. The molecule has 0 radical (unpaired) electrons. The number of hydrogen-bond acceptors (Lipinski definition) is 6. The van der Waals surface area contributed by atoms with Crippen LogP contribution in [0.15, 0.2) is 66.4 Å². The van der Waals surface area contributed by atoms with Crippen molar-refractivity contribution in [1.82, 2.24) is 20.3 Å². The van der Waals surface area contributed by atoms with Gasteiger partial charge in [-0.25, -0.2) is 4.98 Å². The summed E-state index contributed by atoms with van der Waals surface area (Å²) in [7, 11) is 1.43. The third kappa shape index (κ3) is 6.82. The van der Waals surface area contributed by atoms with Crippen molar-refractivity contribution in [3.05, 3.63) is 94.2 Å². The molecule has 0 amide bonds. The summed E-state index contributed by atoms with van der Waals surface area (Å²) >= 11 is 0. The van der Waals surface area contributed by atoms with Crippen LogP contribution >= 0.6 is 0 Å². The number of nitrogens with one attached hydrogen (secondary N) is 3. The number of allylic oxidation sites excluding steroid dienone is 2. The molecule has 8 nitrogen and oxygen atoms in total. The van der Waals surface area contributed by atoms with Gasteiger partial charge in [0.05, 0.1) is 17.8 Å². The molecule has 0 aliphatic carbocycles. The average Bonchev–Trinajstić information content (AvgIpc) is 3.54. The van der Waals surface area contributed by atoms with E-state index in [1.165, 1.54) is 7.11 Å². The van der Waals surface area contributed by atoms with Gasteiger partial charge in [-0.2, -0.15) is 0 Å². The molecular formula is C32H40N6O2. The van der Waals surface area contributed by atoms with Gasteiger partial charge in [-0.3, -0.25) is 10.1 Å². The van der Waals surface area contributed by atoms with Crippen LogP contribution in [0.3, 0.4) is 0 Å². The number of imidazole rings is 1. The Morgan fingerprint density at radius 2 is 1.93 bits per heavy atom. The molecule has 2 heterocycles. The predicted molar refractivity (Wildman–Crippen MR) is 163 cm³/mol. The fourth-order valence-electron chi connectivity index (χ4n) is 4.89. The number of anilines is 1. The van der Waals surface area contributed by atoms with Crippen LogP contribution in [0.1, 0.15) is 44.3 Å². The van der Waals surface area contributed by atoms with Crippen molar-refractivity contribution in [1.29, 1.82) is 0 Å². The lowest BCUT2D eigenvalue weighted by molar-refractivity contribution is -0.142. The summed E-state index contributed by atoms with van der Waals surface area (Å²) in [6.45, 7) is 9.83. The fourth-order valence-corrected chi connectivity index (χ4v) is 4.89. The number of likely N-dealkylation sites (N-methyl/N-ethyl adjacent to an activating group) is 1. The van der Waals surface area contributed by atoms with Gasteiger partial charge in [0.15, 0.2) is 0 Å². The molecule has 0 saturated heterocycles. The predicted octanol–water partition coefficient (Wildman–Crippen LogP) is 3.61. The van der Waals surface area contributed by atoms with E-state index in [0.717, 1.165) is 62.9 Å². The van der Waals surface area contributed by atoms with Crippen molar-refractivity contribution >= 4 is 34.2 Å². The first-order valence-corrected chi connectivity index (χ1v) is 13.8. The van der Waals surface area contributed by atoms with Crippen molar-refractivity contribution in [2.45, 2.75) is 46.7 Å². The van der Waals surface area contributed by atoms with E-state index < -0.39 is 6.04 Å². The van der Waals surface area contributed by atoms with Crippen LogP contribution in [0.4, 0.5) is 5.69 Å². The van der Waals surface area contributed by atoms with E-state index in [1.54, 1.807) is 0 Å². The number of esters is 1. The van der Waals surface area contributed by atoms with Crippen LogP contribution in [-0.4, -0.2) is 47.2 Å². The summed E-state index contributed by atoms with van der Waals surface area (Å²) in [5.74, 6) is 0.574. The molecule has 210 valence electrons. The number of aromatic nitrogens is 3. The molecule has 4 aromatic rings. The number of fused-ring (bicyclic) bond motifs is 1. The topological polar surface area (TPSA) is 112 Å².